The Balaban J connectivity index is 2.59. The Kier molecular flexibility index (Phi) is 2.60. The molecule has 5 nitrogen and oxygen atoms in total. The molecular formula is C11H12N2O3. The summed E-state index contributed by atoms with van der Waals surface area (Å²) in [4.78, 5) is 26.2. The van der Waals surface area contributed by atoms with Crippen LogP contribution in [0.3, 0.4) is 0 Å². The summed E-state index contributed by atoms with van der Waals surface area (Å²) in [6.45, 7) is 0. The smallest absolute Gasteiger partial charge is 0.338 e. The van der Waals surface area contributed by atoms with E-state index in [0.29, 0.717) is 0 Å². The maximum Gasteiger partial charge on any atom is 0.338 e. The summed E-state index contributed by atoms with van der Waals surface area (Å²) in [7, 11) is 0. The van der Waals surface area contributed by atoms with Crippen molar-refractivity contribution in [2.24, 2.45) is 5.73 Å². The third-order valence-corrected chi connectivity index (χ3v) is 2.76. The Hall–Kier alpha value is -1.91. The van der Waals surface area contributed by atoms with Crippen LogP contribution in [0.2, 0.25) is 0 Å². The van der Waals surface area contributed by atoms with Crippen LogP contribution >= 0.6 is 0 Å². The minimum Gasteiger partial charge on any atom is -0.478 e. The number of rotatable bonds is 2. The molecule has 0 bridgehead atoms. The molecule has 84 valence electrons. The van der Waals surface area contributed by atoms with Crippen LogP contribution in [0.15, 0.2) is 6.07 Å². The molecule has 1 aromatic rings. The van der Waals surface area contributed by atoms with E-state index in [1.165, 1.54) is 6.07 Å². The molecule has 0 fully saturated rings. The first-order valence-corrected chi connectivity index (χ1v) is 5.15. The molecule has 3 N–H and O–H groups in total. The number of fused-ring (bicyclic) bond motifs is 1. The van der Waals surface area contributed by atoms with Crippen molar-refractivity contribution in [1.82, 2.24) is 4.98 Å². The molecule has 0 spiro atoms. The van der Waals surface area contributed by atoms with E-state index in [1.54, 1.807) is 0 Å². The van der Waals surface area contributed by atoms with Gasteiger partial charge in [-0.2, -0.15) is 0 Å². The zero-order valence-electron chi connectivity index (χ0n) is 8.69. The number of carboxylic acid groups (broad SMARTS) is 1. The zero-order valence-corrected chi connectivity index (χ0v) is 8.69. The van der Waals surface area contributed by atoms with Gasteiger partial charge >= 0.3 is 5.97 Å². The average molecular weight is 220 g/mol. The largest absolute Gasteiger partial charge is 0.478 e. The normalized spacial score (nSPS) is 14.2. The number of pyridine rings is 1. The number of aromatic nitrogens is 1. The first-order valence-electron chi connectivity index (χ1n) is 5.15. The molecule has 0 aliphatic heterocycles. The van der Waals surface area contributed by atoms with Gasteiger partial charge in [0.1, 0.15) is 5.69 Å². The van der Waals surface area contributed by atoms with Crippen molar-refractivity contribution in [2.75, 3.05) is 0 Å². The predicted molar refractivity (Wildman–Crippen MR) is 56.4 cm³/mol. The van der Waals surface area contributed by atoms with Crippen molar-refractivity contribution in [1.29, 1.82) is 0 Å². The summed E-state index contributed by atoms with van der Waals surface area (Å²) in [6.07, 6.45) is 3.66. The van der Waals surface area contributed by atoms with E-state index < -0.39 is 11.9 Å². The lowest BCUT2D eigenvalue weighted by Gasteiger charge is -2.16. The first kappa shape index (κ1) is 10.6. The molecule has 0 unspecified atom stereocenters. The number of primary amides is 1. The monoisotopic (exact) mass is 220 g/mol. The van der Waals surface area contributed by atoms with Crippen LogP contribution in [0.5, 0.6) is 0 Å². The van der Waals surface area contributed by atoms with Crippen molar-refractivity contribution >= 4 is 11.9 Å². The summed E-state index contributed by atoms with van der Waals surface area (Å²) in [5, 5.41) is 8.97. The molecule has 16 heavy (non-hydrogen) atoms. The van der Waals surface area contributed by atoms with E-state index >= 15 is 0 Å². The van der Waals surface area contributed by atoms with Gasteiger partial charge in [0.15, 0.2) is 0 Å². The Morgan fingerprint density at radius 2 is 2.00 bits per heavy atom. The molecule has 1 amide bonds. The van der Waals surface area contributed by atoms with Gasteiger partial charge < -0.3 is 10.8 Å². The Morgan fingerprint density at radius 1 is 1.31 bits per heavy atom. The van der Waals surface area contributed by atoms with Gasteiger partial charge in [-0.25, -0.2) is 9.78 Å². The molecule has 0 saturated heterocycles. The van der Waals surface area contributed by atoms with E-state index in [9.17, 15) is 9.59 Å². The maximum absolute atomic E-state index is 11.1. The van der Waals surface area contributed by atoms with Gasteiger partial charge in [0.2, 0.25) is 0 Å². The number of aromatic carboxylic acids is 1. The van der Waals surface area contributed by atoms with Crippen molar-refractivity contribution in [3.05, 3.63) is 28.6 Å². The number of nitrogens with zero attached hydrogens (tertiary/aromatic N) is 1. The second-order valence-electron chi connectivity index (χ2n) is 3.87. The number of carbonyl (C=O) groups excluding carboxylic acids is 1. The van der Waals surface area contributed by atoms with Crippen LogP contribution in [0, 0.1) is 0 Å². The van der Waals surface area contributed by atoms with E-state index in [-0.39, 0.29) is 11.3 Å². The molecule has 0 saturated carbocycles. The summed E-state index contributed by atoms with van der Waals surface area (Å²) >= 11 is 0. The van der Waals surface area contributed by atoms with Gasteiger partial charge in [-0.1, -0.05) is 0 Å². The lowest BCUT2D eigenvalue weighted by atomic mass is 9.94. The van der Waals surface area contributed by atoms with Crippen LogP contribution in [0.1, 0.15) is 44.9 Å². The molecule has 5 heteroatoms. The SMILES string of the molecule is NC(=O)c1nc2c(cc1C(=O)O)CCCC2. The first-order chi connectivity index (χ1) is 7.59. The Labute approximate surface area is 92.3 Å². The standard InChI is InChI=1S/C11H12N2O3/c12-10(14)9-7(11(15)16)5-6-3-1-2-4-8(6)13-9/h5H,1-4H2,(H2,12,14)(H,15,16). The van der Waals surface area contributed by atoms with Gasteiger partial charge in [0.05, 0.1) is 5.56 Å². The fourth-order valence-corrected chi connectivity index (χ4v) is 1.98. The summed E-state index contributed by atoms with van der Waals surface area (Å²) in [5.74, 6) is -1.94. The molecule has 1 aliphatic rings. The molecule has 1 aliphatic carbocycles. The number of amides is 1. The van der Waals surface area contributed by atoms with Crippen molar-refractivity contribution in [2.45, 2.75) is 25.7 Å². The van der Waals surface area contributed by atoms with Gasteiger partial charge in [-0.05, 0) is 37.3 Å². The topological polar surface area (TPSA) is 93.3 Å². The van der Waals surface area contributed by atoms with Gasteiger partial charge in [-0.3, -0.25) is 4.79 Å². The summed E-state index contributed by atoms with van der Waals surface area (Å²) in [5.41, 5.74) is 6.63. The number of carboxylic acids is 1. The van der Waals surface area contributed by atoms with E-state index in [4.69, 9.17) is 10.8 Å². The third-order valence-electron chi connectivity index (χ3n) is 2.76. The molecule has 0 atom stereocenters. The minimum atomic E-state index is -1.16. The fraction of sp³-hybridized carbons (Fsp3) is 0.364. The van der Waals surface area contributed by atoms with E-state index in [0.717, 1.165) is 36.9 Å². The molecule has 0 aromatic carbocycles. The summed E-state index contributed by atoms with van der Waals surface area (Å²) in [6, 6.07) is 1.53. The highest BCUT2D eigenvalue weighted by Gasteiger charge is 2.21. The minimum absolute atomic E-state index is 0.0897. The highest BCUT2D eigenvalue weighted by molar-refractivity contribution is 6.02. The average Bonchev–Trinajstić information content (AvgIpc) is 2.27. The Morgan fingerprint density at radius 3 is 2.62 bits per heavy atom. The second kappa shape index (κ2) is 3.92. The number of hydrogen-bond acceptors (Lipinski definition) is 3. The van der Waals surface area contributed by atoms with E-state index in [1.807, 2.05) is 0 Å². The van der Waals surface area contributed by atoms with Crippen molar-refractivity contribution in [3.63, 3.8) is 0 Å². The lowest BCUT2D eigenvalue weighted by Crippen LogP contribution is -2.21. The van der Waals surface area contributed by atoms with Crippen LogP contribution in [-0.2, 0) is 12.8 Å². The predicted octanol–water partition coefficient (Wildman–Crippen LogP) is 0.757. The molecule has 1 heterocycles. The van der Waals surface area contributed by atoms with Gasteiger partial charge in [-0.15, -0.1) is 0 Å². The highest BCUT2D eigenvalue weighted by Crippen LogP contribution is 2.22. The van der Waals surface area contributed by atoms with Crippen LogP contribution in [0.25, 0.3) is 0 Å². The quantitative estimate of drug-likeness (QED) is 0.769. The van der Waals surface area contributed by atoms with E-state index in [2.05, 4.69) is 4.98 Å². The third kappa shape index (κ3) is 1.76. The van der Waals surface area contributed by atoms with Crippen LogP contribution in [-0.4, -0.2) is 22.0 Å². The van der Waals surface area contributed by atoms with Crippen molar-refractivity contribution in [3.8, 4) is 0 Å². The lowest BCUT2D eigenvalue weighted by molar-refractivity contribution is 0.0691. The second-order valence-corrected chi connectivity index (χ2v) is 3.87. The number of hydrogen-bond donors (Lipinski definition) is 2. The summed E-state index contributed by atoms with van der Waals surface area (Å²) < 4.78 is 0. The molecule has 2 rings (SSSR count). The maximum atomic E-state index is 11.1. The number of carbonyl (C=O) groups is 2. The molecule has 0 radical (unpaired) electrons. The molecule has 1 aromatic heterocycles. The van der Waals surface area contributed by atoms with Gasteiger partial charge in [0, 0.05) is 5.69 Å². The molecular weight excluding hydrogens is 208 g/mol. The van der Waals surface area contributed by atoms with Crippen LogP contribution in [0.4, 0.5) is 0 Å². The highest BCUT2D eigenvalue weighted by atomic mass is 16.4. The number of nitrogens with two attached hydrogens (primary N) is 1. The fourth-order valence-electron chi connectivity index (χ4n) is 1.98. The Bertz CT molecular complexity index is 426. The van der Waals surface area contributed by atoms with Crippen LogP contribution < -0.4 is 5.73 Å². The van der Waals surface area contributed by atoms with Crippen molar-refractivity contribution < 1.29 is 14.7 Å². The zero-order chi connectivity index (χ0) is 11.7. The van der Waals surface area contributed by atoms with Gasteiger partial charge in [0.25, 0.3) is 5.91 Å². The number of aryl methyl sites for hydroxylation is 2.